The lowest BCUT2D eigenvalue weighted by atomic mass is 10.1. The van der Waals surface area contributed by atoms with Crippen molar-refractivity contribution in [3.8, 4) is 0 Å². The molecule has 0 heterocycles. The van der Waals surface area contributed by atoms with Gasteiger partial charge < -0.3 is 0 Å². The van der Waals surface area contributed by atoms with Gasteiger partial charge >= 0.3 is 6.18 Å². The minimum Gasteiger partial charge on any atom is -0.271 e. The maximum Gasteiger partial charge on any atom is 0.416 e. The third-order valence-corrected chi connectivity index (χ3v) is 3.79. The van der Waals surface area contributed by atoms with Crippen molar-refractivity contribution in [1.29, 1.82) is 0 Å². The minimum atomic E-state index is -4.64. The molecule has 0 atom stereocenters. The van der Waals surface area contributed by atoms with E-state index >= 15 is 0 Å². The number of rotatable bonds is 3. The standard InChI is InChI=1S/C16H12F3N3O2/c17-16(18,19)11-6-8-14(15(9-11)22(23)24)21-20-13-7-5-10-3-1-2-4-12(10)13/h1-4,6,8-9,21H,5,7H2. The fourth-order valence-corrected chi connectivity index (χ4v) is 2.60. The van der Waals surface area contributed by atoms with Crippen LogP contribution in [0.3, 0.4) is 0 Å². The van der Waals surface area contributed by atoms with Crippen LogP contribution in [0.25, 0.3) is 0 Å². The van der Waals surface area contributed by atoms with Crippen LogP contribution in [0.4, 0.5) is 24.5 Å². The highest BCUT2D eigenvalue weighted by Crippen LogP contribution is 2.35. The molecule has 3 rings (SSSR count). The molecule has 0 fully saturated rings. The molecule has 0 saturated carbocycles. The maximum absolute atomic E-state index is 12.7. The molecule has 8 heteroatoms. The second-order valence-corrected chi connectivity index (χ2v) is 5.31. The number of halogens is 3. The second-order valence-electron chi connectivity index (χ2n) is 5.31. The Labute approximate surface area is 135 Å². The molecule has 0 spiro atoms. The molecule has 5 nitrogen and oxygen atoms in total. The number of nitro groups is 1. The van der Waals surface area contributed by atoms with Gasteiger partial charge in [0.05, 0.1) is 16.2 Å². The Morgan fingerprint density at radius 2 is 1.88 bits per heavy atom. The number of benzene rings is 2. The number of anilines is 1. The fourth-order valence-electron chi connectivity index (χ4n) is 2.60. The Balaban J connectivity index is 1.91. The zero-order valence-corrected chi connectivity index (χ0v) is 12.3. The first-order valence-corrected chi connectivity index (χ1v) is 7.13. The summed E-state index contributed by atoms with van der Waals surface area (Å²) in [7, 11) is 0. The van der Waals surface area contributed by atoms with Gasteiger partial charge in [0.15, 0.2) is 0 Å². The molecule has 0 aromatic heterocycles. The highest BCUT2D eigenvalue weighted by molar-refractivity contribution is 6.04. The van der Waals surface area contributed by atoms with E-state index in [0.717, 1.165) is 35.4 Å². The van der Waals surface area contributed by atoms with Crippen LogP contribution in [-0.4, -0.2) is 10.6 Å². The Bertz CT molecular complexity index is 832. The lowest BCUT2D eigenvalue weighted by Gasteiger charge is -2.09. The second kappa shape index (κ2) is 5.95. The summed E-state index contributed by atoms with van der Waals surface area (Å²) in [6, 6.07) is 9.95. The Kier molecular flexibility index (Phi) is 3.96. The summed E-state index contributed by atoms with van der Waals surface area (Å²) < 4.78 is 38.1. The van der Waals surface area contributed by atoms with Crippen molar-refractivity contribution in [3.63, 3.8) is 0 Å². The molecular formula is C16H12F3N3O2. The molecule has 1 aliphatic rings. The Hall–Kier alpha value is -2.90. The van der Waals surface area contributed by atoms with Crippen molar-refractivity contribution in [2.75, 3.05) is 5.43 Å². The third kappa shape index (κ3) is 3.08. The average Bonchev–Trinajstić information content (AvgIpc) is 2.95. The molecule has 1 aliphatic carbocycles. The zero-order chi connectivity index (χ0) is 17.3. The van der Waals surface area contributed by atoms with Crippen LogP contribution in [0.15, 0.2) is 47.6 Å². The highest BCUT2D eigenvalue weighted by Gasteiger charge is 2.33. The summed E-state index contributed by atoms with van der Waals surface area (Å²) >= 11 is 0. The molecule has 24 heavy (non-hydrogen) atoms. The number of nitrogens with one attached hydrogen (secondary N) is 1. The molecule has 1 N–H and O–H groups in total. The van der Waals surface area contributed by atoms with E-state index in [0.29, 0.717) is 12.5 Å². The van der Waals surface area contributed by atoms with E-state index in [9.17, 15) is 23.3 Å². The van der Waals surface area contributed by atoms with Crippen molar-refractivity contribution in [1.82, 2.24) is 0 Å². The number of aryl methyl sites for hydroxylation is 1. The molecule has 0 bridgehead atoms. The van der Waals surface area contributed by atoms with Crippen LogP contribution in [0.2, 0.25) is 0 Å². The van der Waals surface area contributed by atoms with Crippen LogP contribution in [0.5, 0.6) is 0 Å². The summed E-state index contributed by atoms with van der Waals surface area (Å²) in [5.41, 5.74) is 3.51. The number of hydrogen-bond donors (Lipinski definition) is 1. The summed E-state index contributed by atoms with van der Waals surface area (Å²) in [5.74, 6) is 0. The van der Waals surface area contributed by atoms with Gasteiger partial charge in [-0.15, -0.1) is 0 Å². The number of alkyl halides is 3. The molecule has 2 aromatic rings. The number of hydrazone groups is 1. The highest BCUT2D eigenvalue weighted by atomic mass is 19.4. The number of fused-ring (bicyclic) bond motifs is 1. The molecule has 2 aromatic carbocycles. The van der Waals surface area contributed by atoms with Crippen LogP contribution in [-0.2, 0) is 12.6 Å². The van der Waals surface area contributed by atoms with Gasteiger partial charge in [-0.1, -0.05) is 24.3 Å². The molecule has 124 valence electrons. The third-order valence-electron chi connectivity index (χ3n) is 3.79. The van der Waals surface area contributed by atoms with E-state index < -0.39 is 22.4 Å². The van der Waals surface area contributed by atoms with E-state index in [1.54, 1.807) is 0 Å². The number of nitro benzene ring substituents is 1. The SMILES string of the molecule is O=[N+]([O-])c1cc(C(F)(F)F)ccc1NN=C1CCc2ccccc21. The quantitative estimate of drug-likeness (QED) is 0.669. The lowest BCUT2D eigenvalue weighted by molar-refractivity contribution is -0.384. The van der Waals surface area contributed by atoms with E-state index in [1.165, 1.54) is 0 Å². The Morgan fingerprint density at radius 1 is 1.12 bits per heavy atom. The van der Waals surface area contributed by atoms with Gasteiger partial charge in [0.2, 0.25) is 0 Å². The van der Waals surface area contributed by atoms with Crippen LogP contribution >= 0.6 is 0 Å². The molecule has 0 amide bonds. The largest absolute Gasteiger partial charge is 0.416 e. The summed E-state index contributed by atoms with van der Waals surface area (Å²) in [6.45, 7) is 0. The lowest BCUT2D eigenvalue weighted by Crippen LogP contribution is -2.07. The first kappa shape index (κ1) is 16.0. The number of hydrogen-bond acceptors (Lipinski definition) is 4. The molecular weight excluding hydrogens is 323 g/mol. The summed E-state index contributed by atoms with van der Waals surface area (Å²) in [5, 5.41) is 15.2. The normalized spacial score (nSPS) is 15.4. The summed E-state index contributed by atoms with van der Waals surface area (Å²) in [4.78, 5) is 10.2. The number of nitrogens with zero attached hydrogens (tertiary/aromatic N) is 2. The molecule has 0 radical (unpaired) electrons. The van der Waals surface area contributed by atoms with Gasteiger partial charge in [0, 0.05) is 11.6 Å². The van der Waals surface area contributed by atoms with Gasteiger partial charge in [-0.2, -0.15) is 18.3 Å². The molecule has 0 aliphatic heterocycles. The molecule has 0 unspecified atom stereocenters. The van der Waals surface area contributed by atoms with Gasteiger partial charge in [0.25, 0.3) is 5.69 Å². The van der Waals surface area contributed by atoms with Crippen LogP contribution in [0.1, 0.15) is 23.1 Å². The van der Waals surface area contributed by atoms with Crippen molar-refractivity contribution in [2.24, 2.45) is 5.10 Å². The minimum absolute atomic E-state index is 0.0788. The topological polar surface area (TPSA) is 67.5 Å². The van der Waals surface area contributed by atoms with Gasteiger partial charge in [0.1, 0.15) is 5.69 Å². The van der Waals surface area contributed by atoms with E-state index in [2.05, 4.69) is 10.5 Å². The summed E-state index contributed by atoms with van der Waals surface area (Å²) in [6.07, 6.45) is -3.16. The monoisotopic (exact) mass is 335 g/mol. The first-order valence-electron chi connectivity index (χ1n) is 7.13. The maximum atomic E-state index is 12.7. The first-order chi connectivity index (χ1) is 11.4. The van der Waals surface area contributed by atoms with E-state index in [1.807, 2.05) is 24.3 Å². The van der Waals surface area contributed by atoms with Crippen molar-refractivity contribution in [2.45, 2.75) is 19.0 Å². The van der Waals surface area contributed by atoms with Gasteiger partial charge in [-0.05, 0) is 30.5 Å². The average molecular weight is 335 g/mol. The smallest absolute Gasteiger partial charge is 0.271 e. The van der Waals surface area contributed by atoms with E-state index in [-0.39, 0.29) is 5.69 Å². The zero-order valence-electron chi connectivity index (χ0n) is 12.3. The van der Waals surface area contributed by atoms with Crippen molar-refractivity contribution in [3.05, 3.63) is 69.3 Å². The molecule has 0 saturated heterocycles. The van der Waals surface area contributed by atoms with Crippen LogP contribution in [0, 0.1) is 10.1 Å². The predicted octanol–water partition coefficient (Wildman–Crippen LogP) is 4.38. The van der Waals surface area contributed by atoms with Gasteiger partial charge in [-0.25, -0.2) is 0 Å². The van der Waals surface area contributed by atoms with Gasteiger partial charge in [-0.3, -0.25) is 15.5 Å². The van der Waals surface area contributed by atoms with Crippen molar-refractivity contribution >= 4 is 17.1 Å². The van der Waals surface area contributed by atoms with Crippen LogP contribution < -0.4 is 5.43 Å². The van der Waals surface area contributed by atoms with E-state index in [4.69, 9.17) is 0 Å². The predicted molar refractivity (Wildman–Crippen MR) is 83.0 cm³/mol. The fraction of sp³-hybridized carbons (Fsp3) is 0.188. The van der Waals surface area contributed by atoms with Crippen molar-refractivity contribution < 1.29 is 18.1 Å². The Morgan fingerprint density at radius 3 is 2.58 bits per heavy atom.